The van der Waals surface area contributed by atoms with Crippen LogP contribution < -0.4 is 19.7 Å². The van der Waals surface area contributed by atoms with Gasteiger partial charge in [-0.1, -0.05) is 6.92 Å². The molecule has 1 unspecified atom stereocenters. The van der Waals surface area contributed by atoms with E-state index in [-0.39, 0.29) is 24.3 Å². The number of nitrogens with zero attached hydrogens (tertiary/aromatic N) is 1. The molecule has 2 amide bonds. The Hall–Kier alpha value is -2.24. The molecule has 1 aromatic rings. The second kappa shape index (κ2) is 7.85. The number of amides is 2. The molecule has 0 spiro atoms. The fourth-order valence-corrected chi connectivity index (χ4v) is 2.33. The Balaban J connectivity index is 2.04. The van der Waals surface area contributed by atoms with E-state index in [9.17, 15) is 9.59 Å². The third kappa shape index (κ3) is 4.61. The van der Waals surface area contributed by atoms with Crippen LogP contribution >= 0.6 is 0 Å². The van der Waals surface area contributed by atoms with Gasteiger partial charge < -0.3 is 19.7 Å². The Morgan fingerprint density at radius 1 is 1.26 bits per heavy atom. The number of hydrogen-bond acceptors (Lipinski definition) is 4. The Kier molecular flexibility index (Phi) is 5.84. The molecule has 23 heavy (non-hydrogen) atoms. The third-order valence-electron chi connectivity index (χ3n) is 3.80. The number of benzene rings is 1. The van der Waals surface area contributed by atoms with E-state index in [0.29, 0.717) is 36.9 Å². The molecule has 0 saturated heterocycles. The van der Waals surface area contributed by atoms with Gasteiger partial charge in [-0.3, -0.25) is 9.59 Å². The molecule has 1 N–H and O–H groups in total. The molecule has 0 aromatic heterocycles. The first-order valence-corrected chi connectivity index (χ1v) is 7.98. The number of nitrogens with one attached hydrogen (secondary N) is 1. The molecule has 6 heteroatoms. The highest BCUT2D eigenvalue weighted by atomic mass is 16.6. The predicted molar refractivity (Wildman–Crippen MR) is 88.0 cm³/mol. The number of anilines is 1. The van der Waals surface area contributed by atoms with Gasteiger partial charge in [-0.2, -0.15) is 0 Å². The SMILES string of the molecule is CCC(C)NC(=O)CCN(C(C)=O)c1ccc2c(c1)OCCO2. The maximum absolute atomic E-state index is 11.9. The maximum Gasteiger partial charge on any atom is 0.223 e. The van der Waals surface area contributed by atoms with Crippen molar-refractivity contribution in [1.82, 2.24) is 5.32 Å². The minimum absolute atomic E-state index is 0.0526. The lowest BCUT2D eigenvalue weighted by molar-refractivity contribution is -0.121. The molecule has 1 aliphatic rings. The van der Waals surface area contributed by atoms with Crippen LogP contribution in [0.15, 0.2) is 18.2 Å². The predicted octanol–water partition coefficient (Wildman–Crippen LogP) is 2.12. The monoisotopic (exact) mass is 320 g/mol. The average molecular weight is 320 g/mol. The Morgan fingerprint density at radius 2 is 1.96 bits per heavy atom. The molecular weight excluding hydrogens is 296 g/mol. The van der Waals surface area contributed by atoms with Crippen molar-refractivity contribution in [3.05, 3.63) is 18.2 Å². The summed E-state index contributed by atoms with van der Waals surface area (Å²) in [5.74, 6) is 1.14. The largest absolute Gasteiger partial charge is 0.486 e. The van der Waals surface area contributed by atoms with E-state index >= 15 is 0 Å². The molecule has 0 saturated carbocycles. The highest BCUT2D eigenvalue weighted by molar-refractivity contribution is 5.92. The van der Waals surface area contributed by atoms with Crippen LogP contribution in [0.1, 0.15) is 33.6 Å². The maximum atomic E-state index is 11.9. The molecule has 1 aromatic carbocycles. The zero-order chi connectivity index (χ0) is 16.8. The number of carbonyl (C=O) groups is 2. The van der Waals surface area contributed by atoms with Crippen molar-refractivity contribution in [2.24, 2.45) is 0 Å². The number of rotatable bonds is 6. The molecule has 1 atom stereocenters. The van der Waals surface area contributed by atoms with E-state index in [2.05, 4.69) is 5.32 Å². The normalized spacial score (nSPS) is 14.0. The lowest BCUT2D eigenvalue weighted by Gasteiger charge is -2.24. The summed E-state index contributed by atoms with van der Waals surface area (Å²) in [6.07, 6.45) is 1.14. The summed E-state index contributed by atoms with van der Waals surface area (Å²) in [6.45, 7) is 6.82. The van der Waals surface area contributed by atoms with Crippen LogP contribution in [-0.4, -0.2) is 37.6 Å². The molecule has 0 bridgehead atoms. The fraction of sp³-hybridized carbons (Fsp3) is 0.529. The molecule has 2 rings (SSSR count). The quantitative estimate of drug-likeness (QED) is 0.872. The van der Waals surface area contributed by atoms with Crippen LogP contribution in [0.3, 0.4) is 0 Å². The summed E-state index contributed by atoms with van der Waals surface area (Å²) in [7, 11) is 0. The van der Waals surface area contributed by atoms with Crippen LogP contribution in [0.4, 0.5) is 5.69 Å². The molecule has 0 radical (unpaired) electrons. The molecule has 6 nitrogen and oxygen atoms in total. The topological polar surface area (TPSA) is 67.9 Å². The third-order valence-corrected chi connectivity index (χ3v) is 3.80. The van der Waals surface area contributed by atoms with Gasteiger partial charge in [0.05, 0.1) is 0 Å². The minimum Gasteiger partial charge on any atom is -0.486 e. The van der Waals surface area contributed by atoms with Gasteiger partial charge in [0.2, 0.25) is 11.8 Å². The zero-order valence-electron chi connectivity index (χ0n) is 13.9. The van der Waals surface area contributed by atoms with Gasteiger partial charge in [0.25, 0.3) is 0 Å². The average Bonchev–Trinajstić information content (AvgIpc) is 2.54. The van der Waals surface area contributed by atoms with E-state index in [4.69, 9.17) is 9.47 Å². The van der Waals surface area contributed by atoms with Gasteiger partial charge in [0.1, 0.15) is 13.2 Å². The molecule has 1 heterocycles. The van der Waals surface area contributed by atoms with Crippen molar-refractivity contribution < 1.29 is 19.1 Å². The summed E-state index contributed by atoms with van der Waals surface area (Å²) in [5, 5.41) is 2.90. The van der Waals surface area contributed by atoms with Crippen molar-refractivity contribution in [1.29, 1.82) is 0 Å². The van der Waals surface area contributed by atoms with Crippen molar-refractivity contribution in [2.45, 2.75) is 39.7 Å². The van der Waals surface area contributed by atoms with Crippen LogP contribution in [0.5, 0.6) is 11.5 Å². The standard InChI is InChI=1S/C17H24N2O4/c1-4-12(2)18-17(21)7-8-19(13(3)20)14-5-6-15-16(11-14)23-10-9-22-15/h5-6,11-12H,4,7-10H2,1-3H3,(H,18,21). The number of carbonyl (C=O) groups excluding carboxylic acids is 2. The van der Waals surface area contributed by atoms with Crippen molar-refractivity contribution in [3.8, 4) is 11.5 Å². The van der Waals surface area contributed by atoms with Gasteiger partial charge in [-0.25, -0.2) is 0 Å². The summed E-state index contributed by atoms with van der Waals surface area (Å²) >= 11 is 0. The van der Waals surface area contributed by atoms with E-state index in [1.807, 2.05) is 19.9 Å². The Labute approximate surface area is 136 Å². The first kappa shape index (κ1) is 17.1. The van der Waals surface area contributed by atoms with Gasteiger partial charge >= 0.3 is 0 Å². The van der Waals surface area contributed by atoms with Crippen LogP contribution in [0, 0.1) is 0 Å². The lowest BCUT2D eigenvalue weighted by atomic mass is 10.2. The summed E-state index contributed by atoms with van der Waals surface area (Å²) in [4.78, 5) is 25.4. The van der Waals surface area contributed by atoms with Gasteiger partial charge in [0, 0.05) is 37.7 Å². The summed E-state index contributed by atoms with van der Waals surface area (Å²) in [5.41, 5.74) is 0.707. The van der Waals surface area contributed by atoms with E-state index in [0.717, 1.165) is 6.42 Å². The van der Waals surface area contributed by atoms with Crippen molar-refractivity contribution in [2.75, 3.05) is 24.7 Å². The second-order valence-corrected chi connectivity index (χ2v) is 5.63. The number of hydrogen-bond donors (Lipinski definition) is 1. The summed E-state index contributed by atoms with van der Waals surface area (Å²) < 4.78 is 11.0. The van der Waals surface area contributed by atoms with Crippen molar-refractivity contribution >= 4 is 17.5 Å². The van der Waals surface area contributed by atoms with E-state index in [1.165, 1.54) is 6.92 Å². The zero-order valence-corrected chi connectivity index (χ0v) is 13.9. The van der Waals surface area contributed by atoms with Gasteiger partial charge in [-0.15, -0.1) is 0 Å². The molecule has 0 aliphatic carbocycles. The first-order chi connectivity index (χ1) is 11.0. The van der Waals surface area contributed by atoms with E-state index in [1.54, 1.807) is 17.0 Å². The first-order valence-electron chi connectivity index (χ1n) is 7.98. The van der Waals surface area contributed by atoms with Crippen molar-refractivity contribution in [3.63, 3.8) is 0 Å². The number of fused-ring (bicyclic) bond motifs is 1. The van der Waals surface area contributed by atoms with Crippen LogP contribution in [0.25, 0.3) is 0 Å². The van der Waals surface area contributed by atoms with Gasteiger partial charge in [0.15, 0.2) is 11.5 Å². The summed E-state index contributed by atoms with van der Waals surface area (Å²) in [6, 6.07) is 5.52. The minimum atomic E-state index is -0.113. The highest BCUT2D eigenvalue weighted by Crippen LogP contribution is 2.34. The smallest absolute Gasteiger partial charge is 0.223 e. The lowest BCUT2D eigenvalue weighted by Crippen LogP contribution is -2.36. The fourth-order valence-electron chi connectivity index (χ4n) is 2.33. The van der Waals surface area contributed by atoms with Crippen LogP contribution in [0.2, 0.25) is 0 Å². The highest BCUT2D eigenvalue weighted by Gasteiger charge is 2.18. The molecule has 0 fully saturated rings. The Morgan fingerprint density at radius 3 is 2.61 bits per heavy atom. The Bertz CT molecular complexity index is 574. The molecule has 126 valence electrons. The second-order valence-electron chi connectivity index (χ2n) is 5.63. The van der Waals surface area contributed by atoms with Gasteiger partial charge in [-0.05, 0) is 25.5 Å². The molecule has 1 aliphatic heterocycles. The molecular formula is C17H24N2O4. The van der Waals surface area contributed by atoms with Crippen LogP contribution in [-0.2, 0) is 9.59 Å². The van der Waals surface area contributed by atoms with E-state index < -0.39 is 0 Å². The number of ether oxygens (including phenoxy) is 2.